The van der Waals surface area contributed by atoms with Crippen LogP contribution in [0.2, 0.25) is 5.02 Å². The largest absolute Gasteiger partial charge is 0.409 e. The molecule has 4 nitrogen and oxygen atoms in total. The minimum Gasteiger partial charge on any atom is -0.409 e. The van der Waals surface area contributed by atoms with Crippen LogP contribution in [0.1, 0.15) is 18.4 Å². The van der Waals surface area contributed by atoms with Gasteiger partial charge in [-0.2, -0.15) is 0 Å². The quantitative estimate of drug-likeness (QED) is 0.294. The summed E-state index contributed by atoms with van der Waals surface area (Å²) >= 11 is 7.59. The van der Waals surface area contributed by atoms with E-state index in [0.29, 0.717) is 10.6 Å². The molecule has 1 heterocycles. The highest BCUT2D eigenvalue weighted by Crippen LogP contribution is 2.29. The summed E-state index contributed by atoms with van der Waals surface area (Å²) < 4.78 is 5.57. The Bertz CT molecular complexity index is 448. The molecule has 0 amide bonds. The predicted molar refractivity (Wildman–Crippen MR) is 73.7 cm³/mol. The third kappa shape index (κ3) is 3.31. The van der Waals surface area contributed by atoms with E-state index >= 15 is 0 Å². The second kappa shape index (κ2) is 6.31. The van der Waals surface area contributed by atoms with E-state index in [-0.39, 0.29) is 11.9 Å². The number of rotatable bonds is 4. The fourth-order valence-corrected chi connectivity index (χ4v) is 3.24. The number of amidine groups is 1. The summed E-state index contributed by atoms with van der Waals surface area (Å²) in [6.07, 6.45) is 2.49. The van der Waals surface area contributed by atoms with E-state index in [1.165, 1.54) is 0 Å². The number of thioether (sulfide) groups is 1. The molecule has 6 heteroatoms. The molecular weight excluding hydrogens is 272 g/mol. The third-order valence-electron chi connectivity index (χ3n) is 2.78. The van der Waals surface area contributed by atoms with Gasteiger partial charge in [0.2, 0.25) is 0 Å². The molecule has 1 atom stereocenters. The minimum atomic E-state index is 0.0986. The van der Waals surface area contributed by atoms with E-state index in [9.17, 15) is 0 Å². The number of nitrogens with two attached hydrogens (primary N) is 1. The lowest BCUT2D eigenvalue weighted by atomic mass is 10.2. The highest BCUT2D eigenvalue weighted by molar-refractivity contribution is 7.99. The van der Waals surface area contributed by atoms with Crippen molar-refractivity contribution in [2.75, 3.05) is 12.4 Å². The smallest absolute Gasteiger partial charge is 0.171 e. The van der Waals surface area contributed by atoms with Gasteiger partial charge in [-0.1, -0.05) is 16.8 Å². The van der Waals surface area contributed by atoms with Gasteiger partial charge in [0.05, 0.1) is 6.10 Å². The molecule has 1 fully saturated rings. The Balaban J connectivity index is 2.11. The van der Waals surface area contributed by atoms with Crippen molar-refractivity contribution < 1.29 is 9.94 Å². The number of nitrogens with zero attached hydrogens (tertiary/aromatic N) is 1. The van der Waals surface area contributed by atoms with Crippen LogP contribution in [-0.4, -0.2) is 29.5 Å². The van der Waals surface area contributed by atoms with Gasteiger partial charge in [-0.15, -0.1) is 11.8 Å². The van der Waals surface area contributed by atoms with Crippen LogP contribution in [0.25, 0.3) is 0 Å². The van der Waals surface area contributed by atoms with Crippen LogP contribution in [0.3, 0.4) is 0 Å². The van der Waals surface area contributed by atoms with E-state index in [1.54, 1.807) is 23.9 Å². The second-order valence-electron chi connectivity index (χ2n) is 4.07. The first kappa shape index (κ1) is 13.5. The average Bonchev–Trinajstić information content (AvgIpc) is 2.88. The second-order valence-corrected chi connectivity index (χ2v) is 5.57. The van der Waals surface area contributed by atoms with Gasteiger partial charge in [-0.05, 0) is 31.0 Å². The van der Waals surface area contributed by atoms with Gasteiger partial charge in [-0.25, -0.2) is 0 Å². The molecule has 1 aromatic carbocycles. The van der Waals surface area contributed by atoms with Crippen molar-refractivity contribution in [3.05, 3.63) is 28.8 Å². The molecule has 3 N–H and O–H groups in total. The number of ether oxygens (including phenoxy) is 1. The molecule has 2 rings (SSSR count). The maximum Gasteiger partial charge on any atom is 0.171 e. The number of oxime groups is 1. The van der Waals surface area contributed by atoms with Crippen LogP contribution >= 0.6 is 23.4 Å². The summed E-state index contributed by atoms with van der Waals surface area (Å²) in [4.78, 5) is 0.910. The van der Waals surface area contributed by atoms with Crippen molar-refractivity contribution in [2.24, 2.45) is 10.9 Å². The average molecular weight is 287 g/mol. The van der Waals surface area contributed by atoms with E-state index < -0.39 is 0 Å². The van der Waals surface area contributed by atoms with Crippen LogP contribution < -0.4 is 5.73 Å². The lowest BCUT2D eigenvalue weighted by molar-refractivity contribution is 0.129. The molecule has 0 bridgehead atoms. The molecule has 0 saturated carbocycles. The minimum absolute atomic E-state index is 0.0986. The molecule has 98 valence electrons. The van der Waals surface area contributed by atoms with Crippen LogP contribution in [0.4, 0.5) is 0 Å². The van der Waals surface area contributed by atoms with E-state index in [4.69, 9.17) is 27.3 Å². The Morgan fingerprint density at radius 1 is 1.61 bits per heavy atom. The number of halogens is 1. The topological polar surface area (TPSA) is 67.8 Å². The Kier molecular flexibility index (Phi) is 4.74. The summed E-state index contributed by atoms with van der Waals surface area (Å²) in [5.41, 5.74) is 6.34. The Hall–Kier alpha value is -0.910. The first-order valence-electron chi connectivity index (χ1n) is 5.72. The lowest BCUT2D eigenvalue weighted by Crippen LogP contribution is -2.15. The summed E-state index contributed by atoms with van der Waals surface area (Å²) in [5.74, 6) is 0.952. The standard InChI is InChI=1S/C12H15ClN2O2S/c13-8-3-4-10(12(14)15-16)11(6-8)18-7-9-2-1-5-17-9/h3-4,6,9,16H,1-2,5,7H2,(H2,14,15). The highest BCUT2D eigenvalue weighted by Gasteiger charge is 2.17. The zero-order valence-corrected chi connectivity index (χ0v) is 11.4. The molecule has 1 saturated heterocycles. The van der Waals surface area contributed by atoms with Gasteiger partial charge in [0.25, 0.3) is 0 Å². The molecule has 1 aromatic rings. The number of benzene rings is 1. The Morgan fingerprint density at radius 3 is 3.11 bits per heavy atom. The number of hydrogen-bond donors (Lipinski definition) is 2. The van der Waals surface area contributed by atoms with E-state index in [2.05, 4.69) is 5.16 Å². The monoisotopic (exact) mass is 286 g/mol. The number of hydrogen-bond acceptors (Lipinski definition) is 4. The SMILES string of the molecule is N/C(=N/O)c1ccc(Cl)cc1SCC1CCCO1. The predicted octanol–water partition coefficient (Wildman–Crippen LogP) is 2.71. The molecule has 18 heavy (non-hydrogen) atoms. The van der Waals surface area contributed by atoms with Crippen molar-refractivity contribution in [1.29, 1.82) is 0 Å². The van der Waals surface area contributed by atoms with Crippen LogP contribution in [-0.2, 0) is 4.74 Å². The summed E-state index contributed by atoms with van der Waals surface area (Å²) in [6.45, 7) is 0.841. The Labute approximate surface area is 115 Å². The molecule has 1 aliphatic heterocycles. The summed E-state index contributed by atoms with van der Waals surface area (Å²) in [5, 5.41) is 12.4. The molecule has 1 aliphatic rings. The molecule has 0 aromatic heterocycles. The van der Waals surface area contributed by atoms with Crippen LogP contribution in [0.5, 0.6) is 0 Å². The molecule has 0 spiro atoms. The molecule has 0 aliphatic carbocycles. The van der Waals surface area contributed by atoms with Crippen LogP contribution in [0, 0.1) is 0 Å². The van der Waals surface area contributed by atoms with Crippen molar-refractivity contribution in [3.8, 4) is 0 Å². The Morgan fingerprint density at radius 2 is 2.44 bits per heavy atom. The van der Waals surface area contributed by atoms with E-state index in [0.717, 1.165) is 30.1 Å². The van der Waals surface area contributed by atoms with Gasteiger partial charge >= 0.3 is 0 Å². The lowest BCUT2D eigenvalue weighted by Gasteiger charge is -2.11. The molecular formula is C12H15ClN2O2S. The van der Waals surface area contributed by atoms with Gasteiger partial charge in [0.15, 0.2) is 5.84 Å². The summed E-state index contributed by atoms with van der Waals surface area (Å²) in [7, 11) is 0. The van der Waals surface area contributed by atoms with Crippen molar-refractivity contribution in [3.63, 3.8) is 0 Å². The first-order valence-corrected chi connectivity index (χ1v) is 7.09. The normalized spacial score (nSPS) is 20.3. The molecule has 1 unspecified atom stereocenters. The van der Waals surface area contributed by atoms with Gasteiger partial charge in [-0.3, -0.25) is 0 Å². The van der Waals surface area contributed by atoms with Gasteiger partial charge in [0, 0.05) is 27.8 Å². The fourth-order valence-electron chi connectivity index (χ4n) is 1.84. The van der Waals surface area contributed by atoms with Crippen molar-refractivity contribution in [1.82, 2.24) is 0 Å². The molecule has 0 radical (unpaired) electrons. The highest BCUT2D eigenvalue weighted by atomic mass is 35.5. The third-order valence-corrected chi connectivity index (χ3v) is 4.20. The summed E-state index contributed by atoms with van der Waals surface area (Å²) in [6, 6.07) is 5.31. The maximum absolute atomic E-state index is 8.76. The van der Waals surface area contributed by atoms with Crippen molar-refractivity contribution in [2.45, 2.75) is 23.8 Å². The fraction of sp³-hybridized carbons (Fsp3) is 0.417. The zero-order valence-electron chi connectivity index (χ0n) is 9.80. The van der Waals surface area contributed by atoms with Crippen molar-refractivity contribution >= 4 is 29.2 Å². The maximum atomic E-state index is 8.76. The van der Waals surface area contributed by atoms with Gasteiger partial charge < -0.3 is 15.7 Å². The van der Waals surface area contributed by atoms with E-state index in [1.807, 2.05) is 6.07 Å². The zero-order chi connectivity index (χ0) is 13.0. The first-order chi connectivity index (χ1) is 8.70. The van der Waals surface area contributed by atoms with Crippen LogP contribution in [0.15, 0.2) is 28.3 Å². The van der Waals surface area contributed by atoms with Gasteiger partial charge in [0.1, 0.15) is 0 Å².